The highest BCUT2D eigenvalue weighted by molar-refractivity contribution is 6.06. The lowest BCUT2D eigenvalue weighted by Gasteiger charge is -2.19. The lowest BCUT2D eigenvalue weighted by atomic mass is 9.96. The molecule has 0 aliphatic rings. The largest absolute Gasteiger partial charge is 0.529 e. The molecule has 0 fully saturated rings. The fourth-order valence-electron chi connectivity index (χ4n) is 0.775. The van der Waals surface area contributed by atoms with E-state index in [1.165, 1.54) is 0 Å². The third-order valence-corrected chi connectivity index (χ3v) is 1.96. The van der Waals surface area contributed by atoms with E-state index >= 15 is 0 Å². The number of carboxylic acids is 2. The lowest BCUT2D eigenvalue weighted by Crippen LogP contribution is -2.43. The molecule has 0 aliphatic heterocycles. The van der Waals surface area contributed by atoms with Gasteiger partial charge in [-0.1, -0.05) is 0 Å². The number of aliphatic carboxylic acids is 2. The van der Waals surface area contributed by atoms with Gasteiger partial charge in [-0.05, 0) is 0 Å². The maximum absolute atomic E-state index is 10.7. The summed E-state index contributed by atoms with van der Waals surface area (Å²) in [5, 5.41) is 26.1. The standard InChI is InChI=1S/C6H10O7Si/c7-3(8)1-6(12,5(10)11)2-4(9)13-14/h12H,1-2H2,14H3,(H,7,8)(H,10,11). The van der Waals surface area contributed by atoms with Crippen molar-refractivity contribution in [2.75, 3.05) is 0 Å². The quantitative estimate of drug-likeness (QED) is 0.439. The van der Waals surface area contributed by atoms with Crippen LogP contribution in [0.1, 0.15) is 12.8 Å². The van der Waals surface area contributed by atoms with Gasteiger partial charge >= 0.3 is 11.9 Å². The Hall–Kier alpha value is -1.41. The predicted molar refractivity (Wildman–Crippen MR) is 45.5 cm³/mol. The van der Waals surface area contributed by atoms with Gasteiger partial charge < -0.3 is 19.7 Å². The minimum Gasteiger partial charge on any atom is -0.529 e. The molecular weight excluding hydrogens is 212 g/mol. The first-order valence-corrected chi connectivity index (χ1v) is 4.38. The summed E-state index contributed by atoms with van der Waals surface area (Å²) in [6.45, 7) is 0. The highest BCUT2D eigenvalue weighted by atomic mass is 28.2. The van der Waals surface area contributed by atoms with Gasteiger partial charge in [-0.15, -0.1) is 0 Å². The van der Waals surface area contributed by atoms with Crippen molar-refractivity contribution in [3.63, 3.8) is 0 Å². The molecule has 0 amide bonds. The van der Waals surface area contributed by atoms with E-state index in [1.807, 2.05) is 0 Å². The minimum atomic E-state index is -2.59. The summed E-state index contributed by atoms with van der Waals surface area (Å²) in [5.74, 6) is -4.19. The van der Waals surface area contributed by atoms with Crippen molar-refractivity contribution in [3.05, 3.63) is 0 Å². The molecule has 0 radical (unpaired) electrons. The second-order valence-corrected chi connectivity index (χ2v) is 3.07. The summed E-state index contributed by atoms with van der Waals surface area (Å²) in [6.07, 6.45) is -1.91. The van der Waals surface area contributed by atoms with Crippen LogP contribution in [0.3, 0.4) is 0 Å². The van der Waals surface area contributed by atoms with Gasteiger partial charge in [0.15, 0.2) is 5.60 Å². The Morgan fingerprint density at radius 2 is 1.71 bits per heavy atom. The number of carbonyl (C=O) groups excluding carboxylic acids is 1. The van der Waals surface area contributed by atoms with Crippen LogP contribution in [-0.2, 0) is 18.8 Å². The van der Waals surface area contributed by atoms with Crippen LogP contribution in [0.2, 0.25) is 0 Å². The van der Waals surface area contributed by atoms with Crippen LogP contribution in [0.4, 0.5) is 0 Å². The van der Waals surface area contributed by atoms with E-state index in [-0.39, 0.29) is 10.5 Å². The smallest absolute Gasteiger partial charge is 0.336 e. The number of aliphatic hydroxyl groups is 1. The zero-order valence-electron chi connectivity index (χ0n) is 7.39. The van der Waals surface area contributed by atoms with E-state index < -0.39 is 36.4 Å². The number of hydrogen-bond donors (Lipinski definition) is 3. The summed E-state index contributed by atoms with van der Waals surface area (Å²) in [6, 6.07) is 0. The van der Waals surface area contributed by atoms with Gasteiger partial charge in [0.1, 0.15) is 0 Å². The van der Waals surface area contributed by atoms with Gasteiger partial charge in [0.2, 0.25) is 10.5 Å². The third kappa shape index (κ3) is 3.54. The Bertz CT molecular complexity index is 263. The van der Waals surface area contributed by atoms with Gasteiger partial charge in [0.05, 0.1) is 12.8 Å². The monoisotopic (exact) mass is 222 g/mol. The van der Waals surface area contributed by atoms with Crippen molar-refractivity contribution in [1.82, 2.24) is 0 Å². The van der Waals surface area contributed by atoms with Crippen LogP contribution in [0.5, 0.6) is 0 Å². The van der Waals surface area contributed by atoms with E-state index in [1.54, 1.807) is 0 Å². The molecule has 8 heteroatoms. The van der Waals surface area contributed by atoms with E-state index in [2.05, 4.69) is 4.43 Å². The minimum absolute atomic E-state index is 0.0598. The molecule has 0 spiro atoms. The fourth-order valence-corrected chi connectivity index (χ4v) is 0.919. The highest BCUT2D eigenvalue weighted by Gasteiger charge is 2.41. The number of rotatable bonds is 5. The van der Waals surface area contributed by atoms with Crippen LogP contribution < -0.4 is 0 Å². The van der Waals surface area contributed by atoms with Crippen LogP contribution in [-0.4, -0.2) is 49.3 Å². The lowest BCUT2D eigenvalue weighted by molar-refractivity contribution is -0.169. The zero-order chi connectivity index (χ0) is 11.4. The second-order valence-electron chi connectivity index (χ2n) is 2.66. The topological polar surface area (TPSA) is 121 Å². The first kappa shape index (κ1) is 12.6. The normalized spacial score (nSPS) is 14.4. The number of carboxylic acid groups (broad SMARTS) is 2. The van der Waals surface area contributed by atoms with Gasteiger partial charge in [-0.25, -0.2) is 4.79 Å². The molecule has 1 unspecified atom stereocenters. The molecule has 14 heavy (non-hydrogen) atoms. The fraction of sp³-hybridized carbons (Fsp3) is 0.500. The second kappa shape index (κ2) is 4.72. The Morgan fingerprint density at radius 1 is 1.21 bits per heavy atom. The number of hydrogen-bond acceptors (Lipinski definition) is 5. The maximum Gasteiger partial charge on any atom is 0.336 e. The molecule has 0 aromatic heterocycles. The summed E-state index contributed by atoms with van der Waals surface area (Å²) >= 11 is 0. The molecule has 0 aliphatic carbocycles. The van der Waals surface area contributed by atoms with Crippen molar-refractivity contribution in [2.24, 2.45) is 0 Å². The first-order chi connectivity index (χ1) is 6.31. The van der Waals surface area contributed by atoms with Crippen molar-refractivity contribution in [3.8, 4) is 0 Å². The molecule has 1 atom stereocenters. The summed E-state index contributed by atoms with van der Waals surface area (Å²) < 4.78 is 4.26. The van der Waals surface area contributed by atoms with Gasteiger partial charge in [-0.2, -0.15) is 0 Å². The van der Waals surface area contributed by atoms with Gasteiger partial charge in [0.25, 0.3) is 5.97 Å². The Morgan fingerprint density at radius 3 is 2.00 bits per heavy atom. The molecule has 0 aromatic rings. The van der Waals surface area contributed by atoms with Crippen molar-refractivity contribution < 1.29 is 34.1 Å². The van der Waals surface area contributed by atoms with Crippen molar-refractivity contribution >= 4 is 28.4 Å². The summed E-state index contributed by atoms with van der Waals surface area (Å²) in [7, 11) is 0.0598. The molecule has 80 valence electrons. The molecule has 3 N–H and O–H groups in total. The van der Waals surface area contributed by atoms with Crippen LogP contribution >= 0.6 is 0 Å². The summed E-state index contributed by atoms with van der Waals surface area (Å²) in [5.41, 5.74) is -2.59. The molecule has 0 heterocycles. The van der Waals surface area contributed by atoms with E-state index in [0.717, 1.165) is 0 Å². The molecular formula is C6H10O7Si. The van der Waals surface area contributed by atoms with Crippen LogP contribution in [0.15, 0.2) is 0 Å². The molecule has 0 aromatic carbocycles. The van der Waals surface area contributed by atoms with Crippen LogP contribution in [0.25, 0.3) is 0 Å². The van der Waals surface area contributed by atoms with Gasteiger partial charge in [0, 0.05) is 0 Å². The Balaban J connectivity index is 4.63. The Kier molecular flexibility index (Phi) is 4.24. The van der Waals surface area contributed by atoms with Crippen molar-refractivity contribution in [1.29, 1.82) is 0 Å². The Labute approximate surface area is 81.8 Å². The van der Waals surface area contributed by atoms with Crippen molar-refractivity contribution in [2.45, 2.75) is 18.4 Å². The zero-order valence-corrected chi connectivity index (χ0v) is 9.39. The van der Waals surface area contributed by atoms with Crippen LogP contribution in [0, 0.1) is 0 Å². The molecule has 0 saturated heterocycles. The van der Waals surface area contributed by atoms with E-state index in [4.69, 9.17) is 10.2 Å². The summed E-state index contributed by atoms with van der Waals surface area (Å²) in [4.78, 5) is 31.4. The SMILES string of the molecule is O=C(O)CC(O)(CC(=O)O[SiH3])C(=O)O. The maximum atomic E-state index is 10.7. The molecule has 0 saturated carbocycles. The average molecular weight is 222 g/mol. The first-order valence-electron chi connectivity index (χ1n) is 3.56. The molecule has 0 rings (SSSR count). The molecule has 7 nitrogen and oxygen atoms in total. The predicted octanol–water partition coefficient (Wildman–Crippen LogP) is -2.51. The third-order valence-electron chi connectivity index (χ3n) is 1.51. The average Bonchev–Trinajstić information content (AvgIpc) is 2.02. The molecule has 0 bridgehead atoms. The van der Waals surface area contributed by atoms with Gasteiger partial charge in [-0.3, -0.25) is 9.59 Å². The van der Waals surface area contributed by atoms with E-state index in [9.17, 15) is 19.5 Å². The number of carbonyl (C=O) groups is 3. The van der Waals surface area contributed by atoms with E-state index in [0.29, 0.717) is 0 Å². The highest BCUT2D eigenvalue weighted by Crippen LogP contribution is 2.16.